The van der Waals surface area contributed by atoms with Crippen LogP contribution in [0.4, 0.5) is 0 Å². The summed E-state index contributed by atoms with van der Waals surface area (Å²) in [4.78, 5) is 4.31. The summed E-state index contributed by atoms with van der Waals surface area (Å²) in [6, 6.07) is 9.43. The Balaban J connectivity index is 2.24. The van der Waals surface area contributed by atoms with Crippen molar-refractivity contribution in [3.63, 3.8) is 0 Å². The second kappa shape index (κ2) is 4.60. The topological polar surface area (TPSA) is 67.6 Å². The summed E-state index contributed by atoms with van der Waals surface area (Å²) >= 11 is 0. The first kappa shape index (κ1) is 10.4. The standard InChI is InChI=1S/C12H12N4/c1-2-6-10(13)12-14-11(15-16-12)9-7-4-3-5-8-9/h1,3-5,7-8,10H,6,13H2,(H,14,15,16). The van der Waals surface area contributed by atoms with E-state index in [1.54, 1.807) is 0 Å². The van der Waals surface area contributed by atoms with Crippen LogP contribution in [0, 0.1) is 12.3 Å². The van der Waals surface area contributed by atoms with Crippen LogP contribution in [0.15, 0.2) is 30.3 Å². The quantitative estimate of drug-likeness (QED) is 0.757. The van der Waals surface area contributed by atoms with Crippen LogP contribution in [-0.2, 0) is 0 Å². The molecule has 2 rings (SSSR count). The molecule has 0 spiro atoms. The number of rotatable bonds is 3. The molecule has 16 heavy (non-hydrogen) atoms. The zero-order valence-electron chi connectivity index (χ0n) is 8.72. The smallest absolute Gasteiger partial charge is 0.181 e. The Morgan fingerprint density at radius 2 is 2.12 bits per heavy atom. The van der Waals surface area contributed by atoms with Crippen LogP contribution in [0.5, 0.6) is 0 Å². The maximum atomic E-state index is 5.82. The normalized spacial score (nSPS) is 12.0. The van der Waals surface area contributed by atoms with Crippen LogP contribution >= 0.6 is 0 Å². The number of nitrogens with two attached hydrogens (primary N) is 1. The summed E-state index contributed by atoms with van der Waals surface area (Å²) in [6.07, 6.45) is 5.64. The summed E-state index contributed by atoms with van der Waals surface area (Å²) in [7, 11) is 0. The average molecular weight is 212 g/mol. The molecule has 1 atom stereocenters. The van der Waals surface area contributed by atoms with Crippen molar-refractivity contribution in [2.45, 2.75) is 12.5 Å². The van der Waals surface area contributed by atoms with Crippen molar-refractivity contribution in [3.8, 4) is 23.7 Å². The lowest BCUT2D eigenvalue weighted by Crippen LogP contribution is -2.11. The number of nitrogens with zero attached hydrogens (tertiary/aromatic N) is 2. The molecule has 1 aromatic carbocycles. The average Bonchev–Trinajstić information content (AvgIpc) is 2.80. The zero-order chi connectivity index (χ0) is 11.4. The van der Waals surface area contributed by atoms with Crippen molar-refractivity contribution >= 4 is 0 Å². The Hall–Kier alpha value is -2.12. The van der Waals surface area contributed by atoms with E-state index >= 15 is 0 Å². The Labute approximate surface area is 93.9 Å². The Bertz CT molecular complexity index is 495. The predicted molar refractivity (Wildman–Crippen MR) is 62.2 cm³/mol. The van der Waals surface area contributed by atoms with E-state index in [4.69, 9.17) is 12.2 Å². The fraction of sp³-hybridized carbons (Fsp3) is 0.167. The van der Waals surface area contributed by atoms with Crippen LogP contribution in [0.25, 0.3) is 11.4 Å². The van der Waals surface area contributed by atoms with Gasteiger partial charge in [-0.15, -0.1) is 12.3 Å². The van der Waals surface area contributed by atoms with E-state index in [1.165, 1.54) is 0 Å². The molecule has 1 aromatic heterocycles. The molecule has 4 heteroatoms. The number of H-pyrrole nitrogens is 1. The van der Waals surface area contributed by atoms with E-state index in [1.807, 2.05) is 30.3 Å². The SMILES string of the molecule is C#CCC(N)c1nc(-c2ccccc2)n[nH]1. The Morgan fingerprint density at radius 3 is 2.81 bits per heavy atom. The number of aromatic nitrogens is 3. The minimum Gasteiger partial charge on any atom is -0.321 e. The fourth-order valence-corrected chi connectivity index (χ4v) is 1.38. The molecule has 4 nitrogen and oxygen atoms in total. The van der Waals surface area contributed by atoms with E-state index in [-0.39, 0.29) is 6.04 Å². The van der Waals surface area contributed by atoms with E-state index in [0.29, 0.717) is 18.1 Å². The summed E-state index contributed by atoms with van der Waals surface area (Å²) in [5, 5.41) is 6.91. The molecule has 0 saturated carbocycles. The summed E-state index contributed by atoms with van der Waals surface area (Å²) < 4.78 is 0. The minimum absolute atomic E-state index is 0.282. The lowest BCUT2D eigenvalue weighted by molar-refractivity contribution is 0.696. The van der Waals surface area contributed by atoms with Crippen molar-refractivity contribution in [2.24, 2.45) is 5.73 Å². The van der Waals surface area contributed by atoms with Gasteiger partial charge < -0.3 is 5.73 Å². The van der Waals surface area contributed by atoms with Gasteiger partial charge in [-0.2, -0.15) is 5.10 Å². The molecule has 1 unspecified atom stereocenters. The second-order valence-electron chi connectivity index (χ2n) is 3.43. The molecule has 80 valence electrons. The third-order valence-corrected chi connectivity index (χ3v) is 2.22. The van der Waals surface area contributed by atoms with Gasteiger partial charge in [-0.25, -0.2) is 4.98 Å². The van der Waals surface area contributed by atoms with E-state index in [2.05, 4.69) is 21.1 Å². The molecule has 1 heterocycles. The van der Waals surface area contributed by atoms with Gasteiger partial charge >= 0.3 is 0 Å². The molecular weight excluding hydrogens is 200 g/mol. The van der Waals surface area contributed by atoms with Crippen LogP contribution in [-0.4, -0.2) is 15.2 Å². The largest absolute Gasteiger partial charge is 0.321 e. The van der Waals surface area contributed by atoms with Gasteiger partial charge in [0.25, 0.3) is 0 Å². The first-order valence-electron chi connectivity index (χ1n) is 4.98. The number of aromatic amines is 1. The molecule has 0 aliphatic carbocycles. The van der Waals surface area contributed by atoms with Crippen LogP contribution in [0.2, 0.25) is 0 Å². The number of terminal acetylenes is 1. The lowest BCUT2D eigenvalue weighted by atomic mass is 10.2. The summed E-state index contributed by atoms with van der Waals surface area (Å²) in [5.41, 5.74) is 6.78. The van der Waals surface area contributed by atoms with Crippen molar-refractivity contribution in [2.75, 3.05) is 0 Å². The minimum atomic E-state index is -0.282. The highest BCUT2D eigenvalue weighted by Crippen LogP contribution is 2.16. The Kier molecular flexibility index (Phi) is 2.99. The van der Waals surface area contributed by atoms with Gasteiger partial charge in [0.15, 0.2) is 5.82 Å². The maximum absolute atomic E-state index is 5.82. The van der Waals surface area contributed by atoms with Crippen molar-refractivity contribution in [1.82, 2.24) is 15.2 Å². The van der Waals surface area contributed by atoms with Gasteiger partial charge in [-0.05, 0) is 0 Å². The van der Waals surface area contributed by atoms with Crippen LogP contribution in [0.3, 0.4) is 0 Å². The monoisotopic (exact) mass is 212 g/mol. The first-order valence-corrected chi connectivity index (χ1v) is 4.98. The molecule has 0 aliphatic heterocycles. The van der Waals surface area contributed by atoms with E-state index in [0.717, 1.165) is 5.56 Å². The van der Waals surface area contributed by atoms with Crippen LogP contribution < -0.4 is 5.73 Å². The van der Waals surface area contributed by atoms with Gasteiger partial charge in [-0.3, -0.25) is 5.10 Å². The number of nitrogens with one attached hydrogen (secondary N) is 1. The zero-order valence-corrected chi connectivity index (χ0v) is 8.72. The fourth-order valence-electron chi connectivity index (χ4n) is 1.38. The molecule has 3 N–H and O–H groups in total. The third-order valence-electron chi connectivity index (χ3n) is 2.22. The predicted octanol–water partition coefficient (Wildman–Crippen LogP) is 1.49. The van der Waals surface area contributed by atoms with Crippen LogP contribution in [0.1, 0.15) is 18.3 Å². The molecule has 2 aromatic rings. The van der Waals surface area contributed by atoms with Gasteiger partial charge in [0, 0.05) is 12.0 Å². The summed E-state index contributed by atoms with van der Waals surface area (Å²) in [5.74, 6) is 3.77. The lowest BCUT2D eigenvalue weighted by Gasteiger charge is -2.01. The third kappa shape index (κ3) is 2.10. The molecule has 0 saturated heterocycles. The number of hydrogen-bond donors (Lipinski definition) is 2. The molecule has 0 bridgehead atoms. The highest BCUT2D eigenvalue weighted by molar-refractivity contribution is 5.53. The van der Waals surface area contributed by atoms with Crippen molar-refractivity contribution in [1.29, 1.82) is 0 Å². The van der Waals surface area contributed by atoms with Crippen molar-refractivity contribution in [3.05, 3.63) is 36.2 Å². The molecule has 0 fully saturated rings. The molecule has 0 aliphatic rings. The maximum Gasteiger partial charge on any atom is 0.181 e. The molecule has 0 radical (unpaired) electrons. The van der Waals surface area contributed by atoms with Gasteiger partial charge in [0.1, 0.15) is 5.82 Å². The summed E-state index contributed by atoms with van der Waals surface area (Å²) in [6.45, 7) is 0. The van der Waals surface area contributed by atoms with E-state index in [9.17, 15) is 0 Å². The molecule has 0 amide bonds. The highest BCUT2D eigenvalue weighted by Gasteiger charge is 2.11. The molecular formula is C12H12N4. The second-order valence-corrected chi connectivity index (χ2v) is 3.43. The van der Waals surface area contributed by atoms with E-state index < -0.39 is 0 Å². The Morgan fingerprint density at radius 1 is 1.38 bits per heavy atom. The number of hydrogen-bond acceptors (Lipinski definition) is 3. The van der Waals surface area contributed by atoms with Gasteiger partial charge in [0.2, 0.25) is 0 Å². The van der Waals surface area contributed by atoms with Gasteiger partial charge in [0.05, 0.1) is 6.04 Å². The van der Waals surface area contributed by atoms with Gasteiger partial charge in [-0.1, -0.05) is 30.3 Å². The highest BCUT2D eigenvalue weighted by atomic mass is 15.2. The van der Waals surface area contributed by atoms with Crippen molar-refractivity contribution < 1.29 is 0 Å². The number of benzene rings is 1. The first-order chi connectivity index (χ1) is 7.81.